The molecule has 5 rings (SSSR count). The van der Waals surface area contributed by atoms with Gasteiger partial charge in [0.2, 0.25) is 0 Å². The second kappa shape index (κ2) is 8.90. The van der Waals surface area contributed by atoms with Crippen molar-refractivity contribution in [1.29, 1.82) is 0 Å². The lowest BCUT2D eigenvalue weighted by atomic mass is 10.1. The Morgan fingerprint density at radius 2 is 1.82 bits per heavy atom. The number of nitrogens with two attached hydrogens (primary N) is 1. The summed E-state index contributed by atoms with van der Waals surface area (Å²) in [5, 5.41) is 0.700. The van der Waals surface area contributed by atoms with Crippen molar-refractivity contribution in [3.05, 3.63) is 64.8 Å². The normalized spacial score (nSPS) is 14.3. The van der Waals surface area contributed by atoms with E-state index in [2.05, 4.69) is 35.2 Å². The number of halogens is 4. The first-order chi connectivity index (χ1) is 15.9. The van der Waals surface area contributed by atoms with Gasteiger partial charge in [-0.3, -0.25) is 0 Å². The van der Waals surface area contributed by atoms with Crippen molar-refractivity contribution in [3.8, 4) is 11.1 Å². The standard InChI is InChI=1S/C23H19BrF3N5S/c24-15-8-18(27)20(9-16(15)25)33-31-19-6-5-12(7-17(19)26)14-10-32(13-3-1-2-4-13)23-21(14)22(28)29-11-30-23/h5-11,13,31H,1-4H2,(H2,28,29,30). The van der Waals surface area contributed by atoms with Gasteiger partial charge in [-0.25, -0.2) is 23.1 Å². The van der Waals surface area contributed by atoms with E-state index < -0.39 is 17.5 Å². The number of nitrogens with zero attached hydrogens (tertiary/aromatic N) is 3. The third kappa shape index (κ3) is 4.17. The van der Waals surface area contributed by atoms with Gasteiger partial charge < -0.3 is 15.0 Å². The summed E-state index contributed by atoms with van der Waals surface area (Å²) in [4.78, 5) is 8.60. The Balaban J connectivity index is 1.47. The van der Waals surface area contributed by atoms with Gasteiger partial charge in [0.05, 0.1) is 20.4 Å². The van der Waals surface area contributed by atoms with E-state index in [-0.39, 0.29) is 15.1 Å². The van der Waals surface area contributed by atoms with Gasteiger partial charge >= 0.3 is 0 Å². The maximum absolute atomic E-state index is 15.0. The van der Waals surface area contributed by atoms with Crippen LogP contribution in [0.3, 0.4) is 0 Å². The number of aromatic nitrogens is 3. The molecule has 10 heteroatoms. The Bertz CT molecular complexity index is 1350. The number of nitrogens with one attached hydrogen (secondary N) is 1. The third-order valence-corrected chi connectivity index (χ3v) is 7.35. The van der Waals surface area contributed by atoms with Gasteiger partial charge in [-0.05, 0) is 70.5 Å². The number of benzene rings is 2. The summed E-state index contributed by atoms with van der Waals surface area (Å²) in [5.74, 6) is -1.41. The molecule has 33 heavy (non-hydrogen) atoms. The zero-order valence-corrected chi connectivity index (χ0v) is 19.7. The van der Waals surface area contributed by atoms with Gasteiger partial charge in [-0.15, -0.1) is 0 Å². The molecule has 1 fully saturated rings. The number of hydrogen-bond acceptors (Lipinski definition) is 5. The average molecular weight is 534 g/mol. The Morgan fingerprint density at radius 1 is 1.03 bits per heavy atom. The largest absolute Gasteiger partial charge is 0.383 e. The number of anilines is 2. The highest BCUT2D eigenvalue weighted by Crippen LogP contribution is 2.39. The van der Waals surface area contributed by atoms with E-state index in [4.69, 9.17) is 5.73 Å². The third-order valence-electron chi connectivity index (χ3n) is 5.88. The quantitative estimate of drug-likeness (QED) is 0.211. The monoisotopic (exact) mass is 533 g/mol. The van der Waals surface area contributed by atoms with Crippen molar-refractivity contribution in [2.75, 3.05) is 10.5 Å². The lowest BCUT2D eigenvalue weighted by Gasteiger charge is -2.12. The molecule has 1 aliphatic carbocycles. The Morgan fingerprint density at radius 3 is 2.58 bits per heavy atom. The molecule has 170 valence electrons. The van der Waals surface area contributed by atoms with Gasteiger partial charge in [-0.1, -0.05) is 18.9 Å². The van der Waals surface area contributed by atoms with Crippen molar-refractivity contribution >= 4 is 50.4 Å². The number of rotatable bonds is 5. The molecule has 2 aromatic carbocycles. The first-order valence-corrected chi connectivity index (χ1v) is 12.0. The first kappa shape index (κ1) is 22.1. The summed E-state index contributed by atoms with van der Waals surface area (Å²) in [7, 11) is 0. The Hall–Kier alpha value is -2.72. The fourth-order valence-electron chi connectivity index (χ4n) is 4.25. The van der Waals surface area contributed by atoms with E-state index in [0.717, 1.165) is 61.0 Å². The fraction of sp³-hybridized carbons (Fsp3) is 0.217. The van der Waals surface area contributed by atoms with Gasteiger partial charge in [0.15, 0.2) is 0 Å². The van der Waals surface area contributed by atoms with Crippen LogP contribution >= 0.6 is 27.9 Å². The minimum atomic E-state index is -0.618. The molecule has 0 spiro atoms. The van der Waals surface area contributed by atoms with Crippen molar-refractivity contribution in [2.45, 2.75) is 36.6 Å². The van der Waals surface area contributed by atoms with Crippen molar-refractivity contribution in [1.82, 2.24) is 14.5 Å². The van der Waals surface area contributed by atoms with E-state index in [9.17, 15) is 13.2 Å². The second-order valence-corrected chi connectivity index (χ2v) is 9.64. The summed E-state index contributed by atoms with van der Waals surface area (Å²) in [6.07, 6.45) is 7.87. The van der Waals surface area contributed by atoms with Crippen LogP contribution < -0.4 is 10.5 Å². The molecule has 0 atom stereocenters. The molecule has 2 aromatic heterocycles. The van der Waals surface area contributed by atoms with Crippen LogP contribution in [0.5, 0.6) is 0 Å². The molecular formula is C23H19BrF3N5S. The topological polar surface area (TPSA) is 68.8 Å². The van der Waals surface area contributed by atoms with E-state index in [1.165, 1.54) is 12.4 Å². The summed E-state index contributed by atoms with van der Waals surface area (Å²) < 4.78 is 47.7. The fourth-order valence-corrected chi connectivity index (χ4v) is 5.27. The van der Waals surface area contributed by atoms with Gasteiger partial charge in [-0.2, -0.15) is 0 Å². The average Bonchev–Trinajstić information content (AvgIpc) is 3.44. The lowest BCUT2D eigenvalue weighted by Crippen LogP contribution is -2.04. The van der Waals surface area contributed by atoms with Crippen molar-refractivity contribution in [3.63, 3.8) is 0 Å². The highest BCUT2D eigenvalue weighted by molar-refractivity contribution is 9.10. The molecule has 2 heterocycles. The number of hydrogen-bond donors (Lipinski definition) is 2. The molecule has 0 saturated heterocycles. The highest BCUT2D eigenvalue weighted by Gasteiger charge is 2.23. The lowest BCUT2D eigenvalue weighted by molar-refractivity contribution is 0.532. The molecule has 3 N–H and O–H groups in total. The number of fused-ring (bicyclic) bond motifs is 1. The molecule has 1 saturated carbocycles. The highest BCUT2D eigenvalue weighted by atomic mass is 79.9. The second-order valence-electron chi connectivity index (χ2n) is 7.94. The SMILES string of the molecule is Nc1ncnc2c1c(-c1ccc(NSc3cc(F)c(Br)cc3F)c(F)c1)cn2C1CCCC1. The molecule has 1 aliphatic rings. The predicted octanol–water partition coefficient (Wildman–Crippen LogP) is 7.09. The minimum absolute atomic E-state index is 0.0173. The predicted molar refractivity (Wildman–Crippen MR) is 128 cm³/mol. The molecule has 0 amide bonds. The molecule has 4 aromatic rings. The molecule has 5 nitrogen and oxygen atoms in total. The first-order valence-electron chi connectivity index (χ1n) is 10.4. The van der Waals surface area contributed by atoms with Crippen LogP contribution in [0.2, 0.25) is 0 Å². The summed E-state index contributed by atoms with van der Waals surface area (Å²) >= 11 is 3.73. The van der Waals surface area contributed by atoms with Gasteiger partial charge in [0.1, 0.15) is 35.2 Å². The summed E-state index contributed by atoms with van der Waals surface area (Å²) in [5.41, 5.74) is 8.46. The van der Waals surface area contributed by atoms with Crippen molar-refractivity contribution < 1.29 is 13.2 Å². The summed E-state index contributed by atoms with van der Waals surface area (Å²) in [6, 6.07) is 7.12. The Labute approximate surface area is 200 Å². The van der Waals surface area contributed by atoms with E-state index >= 15 is 0 Å². The van der Waals surface area contributed by atoms with Crippen molar-refractivity contribution in [2.24, 2.45) is 0 Å². The summed E-state index contributed by atoms with van der Waals surface area (Å²) in [6.45, 7) is 0. The maximum atomic E-state index is 15.0. The molecule has 0 unspecified atom stereocenters. The van der Waals surface area contributed by atoms with Crippen LogP contribution in [0.25, 0.3) is 22.2 Å². The van der Waals surface area contributed by atoms with Gasteiger partial charge in [0.25, 0.3) is 0 Å². The van der Waals surface area contributed by atoms with Crippen LogP contribution in [0.1, 0.15) is 31.7 Å². The van der Waals surface area contributed by atoms with E-state index in [1.54, 1.807) is 12.1 Å². The molecule has 0 bridgehead atoms. The molecule has 0 radical (unpaired) electrons. The Kier molecular flexibility index (Phi) is 5.96. The minimum Gasteiger partial charge on any atom is -0.383 e. The molecular weight excluding hydrogens is 515 g/mol. The zero-order valence-electron chi connectivity index (χ0n) is 17.3. The number of nitrogen functional groups attached to an aromatic ring is 1. The van der Waals surface area contributed by atoms with E-state index in [1.807, 2.05) is 6.20 Å². The van der Waals surface area contributed by atoms with Crippen LogP contribution in [0, 0.1) is 17.5 Å². The smallest absolute Gasteiger partial charge is 0.147 e. The van der Waals surface area contributed by atoms with Crippen LogP contribution in [-0.4, -0.2) is 14.5 Å². The maximum Gasteiger partial charge on any atom is 0.147 e. The van der Waals surface area contributed by atoms with Crippen LogP contribution in [-0.2, 0) is 0 Å². The van der Waals surface area contributed by atoms with E-state index in [0.29, 0.717) is 22.8 Å². The molecule has 0 aliphatic heterocycles. The van der Waals surface area contributed by atoms with Gasteiger partial charge in [0, 0.05) is 17.8 Å². The zero-order chi connectivity index (χ0) is 23.1. The van der Waals surface area contributed by atoms with Crippen LogP contribution in [0.4, 0.5) is 24.7 Å². The van der Waals surface area contributed by atoms with Crippen LogP contribution in [0.15, 0.2) is 52.2 Å².